The van der Waals surface area contributed by atoms with Crippen LogP contribution in [0.15, 0.2) is 23.9 Å². The van der Waals surface area contributed by atoms with Crippen LogP contribution in [0.3, 0.4) is 0 Å². The minimum atomic E-state index is 0.125. The lowest BCUT2D eigenvalue weighted by Crippen LogP contribution is -2.26. The molecule has 1 N–H and O–H groups in total. The molecule has 0 saturated carbocycles. The first-order chi connectivity index (χ1) is 6.79. The smallest absolute Gasteiger partial charge is 0.0792 e. The van der Waals surface area contributed by atoms with Crippen LogP contribution < -0.4 is 0 Å². The van der Waals surface area contributed by atoms with Gasteiger partial charge in [0.1, 0.15) is 0 Å². The molecule has 0 amide bonds. The normalized spacial score (nSPS) is 11.7. The molecule has 2 nitrogen and oxygen atoms in total. The number of hydrogen-bond donors (Lipinski definition) is 1. The summed E-state index contributed by atoms with van der Waals surface area (Å²) in [5.41, 5.74) is 1.09. The van der Waals surface area contributed by atoms with Crippen molar-refractivity contribution in [3.63, 3.8) is 0 Å². The van der Waals surface area contributed by atoms with E-state index in [-0.39, 0.29) is 6.61 Å². The summed E-state index contributed by atoms with van der Waals surface area (Å²) in [6.45, 7) is 5.30. The number of rotatable bonds is 6. The fourth-order valence-corrected chi connectivity index (χ4v) is 1.21. The first-order valence-corrected chi connectivity index (χ1v) is 4.92. The van der Waals surface area contributed by atoms with Gasteiger partial charge in [-0.1, -0.05) is 25.0 Å². The van der Waals surface area contributed by atoms with Crippen molar-refractivity contribution in [2.75, 3.05) is 19.7 Å². The van der Waals surface area contributed by atoms with Gasteiger partial charge in [-0.2, -0.15) is 0 Å². The molecular formula is C12H19NO. The van der Waals surface area contributed by atoms with Crippen LogP contribution in [0.2, 0.25) is 0 Å². The zero-order valence-corrected chi connectivity index (χ0v) is 9.03. The minimum Gasteiger partial charge on any atom is -0.395 e. The van der Waals surface area contributed by atoms with Crippen molar-refractivity contribution >= 4 is 0 Å². The minimum absolute atomic E-state index is 0.125. The summed E-state index contributed by atoms with van der Waals surface area (Å²) >= 11 is 0. The highest BCUT2D eigenvalue weighted by atomic mass is 16.3. The molecule has 0 saturated heterocycles. The van der Waals surface area contributed by atoms with Crippen LogP contribution in [0.25, 0.3) is 0 Å². The van der Waals surface area contributed by atoms with Gasteiger partial charge in [0.05, 0.1) is 13.2 Å². The summed E-state index contributed by atoms with van der Waals surface area (Å²) in [4.78, 5) is 1.99. The Morgan fingerprint density at radius 1 is 1.57 bits per heavy atom. The highest BCUT2D eigenvalue weighted by Crippen LogP contribution is 2.06. The number of aliphatic hydroxyl groups is 1. The summed E-state index contributed by atoms with van der Waals surface area (Å²) in [5.74, 6) is 2.59. The molecule has 0 aliphatic carbocycles. The molecule has 0 fully saturated rings. The van der Waals surface area contributed by atoms with E-state index in [1.54, 1.807) is 0 Å². The first-order valence-electron chi connectivity index (χ1n) is 4.92. The zero-order chi connectivity index (χ0) is 10.8. The Kier molecular flexibility index (Phi) is 7.68. The lowest BCUT2D eigenvalue weighted by Gasteiger charge is -2.22. The number of aliphatic hydroxyl groups excluding tert-OH is 1. The molecule has 0 aromatic rings. The van der Waals surface area contributed by atoms with Crippen LogP contribution >= 0.6 is 0 Å². The Balaban J connectivity index is 4.55. The van der Waals surface area contributed by atoms with Gasteiger partial charge in [0.25, 0.3) is 0 Å². The quantitative estimate of drug-likeness (QED) is 0.513. The van der Waals surface area contributed by atoms with Crippen molar-refractivity contribution in [2.45, 2.75) is 20.3 Å². The third-order valence-corrected chi connectivity index (χ3v) is 1.77. The molecule has 0 spiro atoms. The molecule has 0 radical (unpaired) electrons. The van der Waals surface area contributed by atoms with E-state index in [1.165, 1.54) is 0 Å². The van der Waals surface area contributed by atoms with Gasteiger partial charge in [0.15, 0.2) is 0 Å². The van der Waals surface area contributed by atoms with Gasteiger partial charge in [-0.25, -0.2) is 0 Å². The summed E-state index contributed by atoms with van der Waals surface area (Å²) in [6, 6.07) is 0. The third-order valence-electron chi connectivity index (χ3n) is 1.77. The second kappa shape index (κ2) is 8.40. The lowest BCUT2D eigenvalue weighted by molar-refractivity contribution is 0.240. The second-order valence-electron chi connectivity index (χ2n) is 2.89. The molecule has 2 heteroatoms. The fourth-order valence-electron chi connectivity index (χ4n) is 1.21. The van der Waals surface area contributed by atoms with Crippen LogP contribution in [0.4, 0.5) is 0 Å². The van der Waals surface area contributed by atoms with Crippen LogP contribution in [0.5, 0.6) is 0 Å². The van der Waals surface area contributed by atoms with Crippen molar-refractivity contribution < 1.29 is 5.11 Å². The number of terminal acetylenes is 1. The molecule has 14 heavy (non-hydrogen) atoms. The van der Waals surface area contributed by atoms with Crippen molar-refractivity contribution in [3.8, 4) is 12.3 Å². The molecule has 0 bridgehead atoms. The third kappa shape index (κ3) is 4.74. The van der Waals surface area contributed by atoms with E-state index in [1.807, 2.05) is 24.0 Å². The van der Waals surface area contributed by atoms with Crippen LogP contribution in [-0.2, 0) is 0 Å². The molecule has 0 aromatic heterocycles. The van der Waals surface area contributed by atoms with Crippen molar-refractivity contribution in [3.05, 3.63) is 23.9 Å². The largest absolute Gasteiger partial charge is 0.395 e. The van der Waals surface area contributed by atoms with Gasteiger partial charge in [-0.15, -0.1) is 6.42 Å². The molecule has 0 aliphatic heterocycles. The average molecular weight is 193 g/mol. The first kappa shape index (κ1) is 12.8. The molecule has 0 aliphatic rings. The van der Waals surface area contributed by atoms with Gasteiger partial charge >= 0.3 is 0 Å². The lowest BCUT2D eigenvalue weighted by atomic mass is 10.2. The van der Waals surface area contributed by atoms with Crippen molar-refractivity contribution in [1.82, 2.24) is 4.90 Å². The van der Waals surface area contributed by atoms with E-state index in [0.717, 1.165) is 12.1 Å². The molecule has 0 aromatic carbocycles. The topological polar surface area (TPSA) is 23.5 Å². The van der Waals surface area contributed by atoms with E-state index in [4.69, 9.17) is 11.5 Å². The van der Waals surface area contributed by atoms with Gasteiger partial charge in [0, 0.05) is 12.2 Å². The molecule has 0 atom stereocenters. The molecule has 78 valence electrons. The van der Waals surface area contributed by atoms with Crippen molar-refractivity contribution in [2.24, 2.45) is 0 Å². The number of allylic oxidation sites excluding steroid dienone is 3. The summed E-state index contributed by atoms with van der Waals surface area (Å²) in [5, 5.41) is 8.89. The number of nitrogens with zero attached hydrogens (tertiary/aromatic N) is 1. The maximum absolute atomic E-state index is 8.89. The van der Waals surface area contributed by atoms with Crippen LogP contribution in [0.1, 0.15) is 20.3 Å². The van der Waals surface area contributed by atoms with Crippen molar-refractivity contribution in [1.29, 1.82) is 0 Å². The molecule has 0 heterocycles. The Hall–Kier alpha value is -1.20. The molecule has 0 rings (SSSR count). The second-order valence-corrected chi connectivity index (χ2v) is 2.89. The van der Waals surface area contributed by atoms with E-state index in [0.29, 0.717) is 13.1 Å². The van der Waals surface area contributed by atoms with E-state index < -0.39 is 0 Å². The van der Waals surface area contributed by atoms with Crippen LogP contribution in [0, 0.1) is 12.3 Å². The SMILES string of the molecule is C#CCN(CCO)C(/C=C\C)=C/CC. The Bertz CT molecular complexity index is 235. The highest BCUT2D eigenvalue weighted by molar-refractivity contribution is 5.18. The molecule has 0 unspecified atom stereocenters. The van der Waals surface area contributed by atoms with E-state index in [2.05, 4.69) is 18.9 Å². The van der Waals surface area contributed by atoms with Gasteiger partial charge < -0.3 is 10.0 Å². The van der Waals surface area contributed by atoms with E-state index in [9.17, 15) is 0 Å². The maximum atomic E-state index is 8.89. The Morgan fingerprint density at radius 3 is 2.71 bits per heavy atom. The number of hydrogen-bond acceptors (Lipinski definition) is 2. The summed E-state index contributed by atoms with van der Waals surface area (Å²) in [6.07, 6.45) is 12.3. The summed E-state index contributed by atoms with van der Waals surface area (Å²) in [7, 11) is 0. The summed E-state index contributed by atoms with van der Waals surface area (Å²) < 4.78 is 0. The zero-order valence-electron chi connectivity index (χ0n) is 9.03. The Labute approximate surface area is 86.9 Å². The predicted octanol–water partition coefficient (Wildman–Crippen LogP) is 1.78. The van der Waals surface area contributed by atoms with Gasteiger partial charge in [0.2, 0.25) is 0 Å². The highest BCUT2D eigenvalue weighted by Gasteiger charge is 2.03. The standard InChI is InChI=1S/C12H19NO/c1-4-7-12(8-5-2)13(9-6-3)10-11-14/h3-4,7-8,14H,5,9-11H2,1-2H3/b7-4-,12-8+. The average Bonchev–Trinajstić information content (AvgIpc) is 2.17. The fraction of sp³-hybridized carbons (Fsp3) is 0.500. The molecular weight excluding hydrogens is 174 g/mol. The maximum Gasteiger partial charge on any atom is 0.0792 e. The monoisotopic (exact) mass is 193 g/mol. The van der Waals surface area contributed by atoms with Gasteiger partial charge in [-0.3, -0.25) is 0 Å². The Morgan fingerprint density at radius 2 is 2.29 bits per heavy atom. The van der Waals surface area contributed by atoms with E-state index >= 15 is 0 Å². The van der Waals surface area contributed by atoms with Crippen LogP contribution in [-0.4, -0.2) is 29.7 Å². The predicted molar refractivity (Wildman–Crippen MR) is 60.7 cm³/mol. The van der Waals surface area contributed by atoms with Gasteiger partial charge in [-0.05, 0) is 19.4 Å².